The molecule has 2 aromatic rings. The van der Waals surface area contributed by atoms with Gasteiger partial charge in [-0.25, -0.2) is 9.97 Å². The monoisotopic (exact) mass is 304 g/mol. The highest BCUT2D eigenvalue weighted by Gasteiger charge is 2.14. The summed E-state index contributed by atoms with van der Waals surface area (Å²) in [5.41, 5.74) is 0.475. The number of ketones is 1. The number of thioether (sulfide) groups is 1. The van der Waals surface area contributed by atoms with E-state index < -0.39 is 0 Å². The molecule has 0 radical (unpaired) electrons. The molecule has 0 N–H and O–H groups in total. The van der Waals surface area contributed by atoms with E-state index in [1.54, 1.807) is 18.3 Å². The van der Waals surface area contributed by atoms with Crippen molar-refractivity contribution in [2.24, 2.45) is 0 Å². The first kappa shape index (κ1) is 12.8. The Hall–Kier alpha value is -0.620. The molecule has 0 fully saturated rings. The molecular formula is C10H6Cl2N2OS2. The average molecular weight is 305 g/mol. The fourth-order valence-corrected chi connectivity index (χ4v) is 3.32. The Morgan fingerprint density at radius 3 is 2.88 bits per heavy atom. The molecule has 0 aliphatic heterocycles. The summed E-state index contributed by atoms with van der Waals surface area (Å²) >= 11 is 14.2. The Balaban J connectivity index is 2.01. The Morgan fingerprint density at radius 2 is 2.29 bits per heavy atom. The first-order chi connectivity index (χ1) is 8.16. The van der Waals surface area contributed by atoms with Crippen LogP contribution in [0.25, 0.3) is 0 Å². The second-order valence-electron chi connectivity index (χ2n) is 3.00. The predicted molar refractivity (Wildman–Crippen MR) is 71.4 cm³/mol. The third kappa shape index (κ3) is 3.42. The van der Waals surface area contributed by atoms with Crippen LogP contribution in [0.3, 0.4) is 0 Å². The lowest BCUT2D eigenvalue weighted by atomic mass is 10.2. The van der Waals surface area contributed by atoms with Gasteiger partial charge in [0.05, 0.1) is 15.1 Å². The van der Waals surface area contributed by atoms with Crippen molar-refractivity contribution in [1.29, 1.82) is 0 Å². The van der Waals surface area contributed by atoms with Gasteiger partial charge in [-0.2, -0.15) is 0 Å². The molecule has 0 aliphatic carbocycles. The molecule has 0 bridgehead atoms. The van der Waals surface area contributed by atoms with Crippen molar-refractivity contribution in [3.8, 4) is 0 Å². The highest BCUT2D eigenvalue weighted by atomic mass is 35.5. The van der Waals surface area contributed by atoms with Crippen LogP contribution in [0.15, 0.2) is 29.7 Å². The smallest absolute Gasteiger partial charge is 0.175 e. The summed E-state index contributed by atoms with van der Waals surface area (Å²) in [6.07, 6.45) is 3.08. The van der Waals surface area contributed by atoms with Crippen LogP contribution in [0, 0.1) is 0 Å². The molecular weight excluding hydrogens is 299 g/mol. The van der Waals surface area contributed by atoms with Gasteiger partial charge in [0.1, 0.15) is 10.7 Å². The van der Waals surface area contributed by atoms with E-state index in [1.165, 1.54) is 29.4 Å². The summed E-state index contributed by atoms with van der Waals surface area (Å²) in [6.45, 7) is 0. The van der Waals surface area contributed by atoms with Gasteiger partial charge in [0.15, 0.2) is 5.78 Å². The number of carbonyl (C=O) groups excluding carboxylic acids is 1. The quantitative estimate of drug-likeness (QED) is 0.489. The van der Waals surface area contributed by atoms with Crippen molar-refractivity contribution in [3.63, 3.8) is 0 Å². The number of nitrogens with zero attached hydrogens (tertiary/aromatic N) is 2. The number of hydrogen-bond acceptors (Lipinski definition) is 5. The molecule has 0 saturated heterocycles. The van der Waals surface area contributed by atoms with Crippen LogP contribution in [-0.2, 0) is 0 Å². The maximum Gasteiger partial charge on any atom is 0.175 e. The minimum Gasteiger partial charge on any atom is -0.293 e. The number of thiophene rings is 1. The SMILES string of the molecule is O=C(CSc1ccncn1)c1cc(Cl)sc1Cl. The van der Waals surface area contributed by atoms with E-state index in [-0.39, 0.29) is 11.5 Å². The Kier molecular flexibility index (Phi) is 4.39. The summed E-state index contributed by atoms with van der Waals surface area (Å²) < 4.78 is 0.952. The summed E-state index contributed by atoms with van der Waals surface area (Å²) in [5, 5.41) is 0.755. The highest BCUT2D eigenvalue weighted by molar-refractivity contribution is 7.99. The number of hydrogen-bond donors (Lipinski definition) is 0. The molecule has 0 aromatic carbocycles. The molecule has 0 amide bonds. The third-order valence-electron chi connectivity index (χ3n) is 1.86. The molecule has 0 saturated carbocycles. The van der Waals surface area contributed by atoms with Crippen LogP contribution >= 0.6 is 46.3 Å². The van der Waals surface area contributed by atoms with Gasteiger partial charge in [0, 0.05) is 11.8 Å². The van der Waals surface area contributed by atoms with E-state index in [0.29, 0.717) is 14.2 Å². The van der Waals surface area contributed by atoms with Gasteiger partial charge in [-0.05, 0) is 12.1 Å². The third-order valence-corrected chi connectivity index (χ3v) is 4.29. The fourth-order valence-electron chi connectivity index (χ4n) is 1.11. The van der Waals surface area contributed by atoms with Gasteiger partial charge in [-0.15, -0.1) is 11.3 Å². The zero-order chi connectivity index (χ0) is 12.3. The topological polar surface area (TPSA) is 42.9 Å². The summed E-state index contributed by atoms with van der Waals surface area (Å²) in [6, 6.07) is 3.34. The molecule has 17 heavy (non-hydrogen) atoms. The molecule has 0 spiro atoms. The Morgan fingerprint density at radius 1 is 1.47 bits per heavy atom. The first-order valence-electron chi connectivity index (χ1n) is 4.53. The molecule has 3 nitrogen and oxygen atoms in total. The number of aromatic nitrogens is 2. The summed E-state index contributed by atoms with van der Waals surface area (Å²) in [4.78, 5) is 19.7. The minimum atomic E-state index is -0.0539. The van der Waals surface area contributed by atoms with E-state index >= 15 is 0 Å². The first-order valence-corrected chi connectivity index (χ1v) is 7.09. The molecule has 0 atom stereocenters. The van der Waals surface area contributed by atoms with Crippen molar-refractivity contribution in [2.45, 2.75) is 5.03 Å². The van der Waals surface area contributed by atoms with Crippen molar-refractivity contribution in [3.05, 3.63) is 38.9 Å². The van der Waals surface area contributed by atoms with E-state index in [0.717, 1.165) is 5.03 Å². The number of rotatable bonds is 4. The van der Waals surface area contributed by atoms with E-state index in [4.69, 9.17) is 23.2 Å². The van der Waals surface area contributed by atoms with Gasteiger partial charge < -0.3 is 0 Å². The van der Waals surface area contributed by atoms with Crippen LogP contribution in [0.1, 0.15) is 10.4 Å². The molecule has 2 rings (SSSR count). The van der Waals surface area contributed by atoms with Crippen molar-refractivity contribution in [2.75, 3.05) is 5.75 Å². The van der Waals surface area contributed by atoms with E-state index in [1.807, 2.05) is 0 Å². The van der Waals surface area contributed by atoms with Gasteiger partial charge in [-0.1, -0.05) is 35.0 Å². The van der Waals surface area contributed by atoms with Gasteiger partial charge in [0.2, 0.25) is 0 Å². The normalized spacial score (nSPS) is 10.5. The van der Waals surface area contributed by atoms with Gasteiger partial charge >= 0.3 is 0 Å². The lowest BCUT2D eigenvalue weighted by Gasteiger charge is -1.98. The molecule has 2 heterocycles. The Labute approximate surface area is 116 Å². The molecule has 88 valence electrons. The fraction of sp³-hybridized carbons (Fsp3) is 0.100. The number of Topliss-reactive ketones (excluding diaryl/α,β-unsaturated/α-hetero) is 1. The van der Waals surface area contributed by atoms with Crippen LogP contribution < -0.4 is 0 Å². The second-order valence-corrected chi connectivity index (χ2v) is 6.28. The molecule has 0 aliphatic rings. The van der Waals surface area contributed by atoms with Gasteiger partial charge in [0.25, 0.3) is 0 Å². The zero-order valence-corrected chi connectivity index (χ0v) is 11.5. The van der Waals surface area contributed by atoms with Crippen molar-refractivity contribution in [1.82, 2.24) is 9.97 Å². The number of halogens is 2. The maximum atomic E-state index is 11.9. The predicted octanol–water partition coefficient (Wildman–Crippen LogP) is 3.82. The van der Waals surface area contributed by atoms with E-state index in [9.17, 15) is 4.79 Å². The highest BCUT2D eigenvalue weighted by Crippen LogP contribution is 2.32. The average Bonchev–Trinajstić information content (AvgIpc) is 2.67. The number of carbonyl (C=O) groups is 1. The molecule has 7 heteroatoms. The zero-order valence-electron chi connectivity index (χ0n) is 8.39. The van der Waals surface area contributed by atoms with Crippen molar-refractivity contribution < 1.29 is 4.79 Å². The van der Waals surface area contributed by atoms with Crippen LogP contribution in [0.5, 0.6) is 0 Å². The lowest BCUT2D eigenvalue weighted by Crippen LogP contribution is -2.01. The second kappa shape index (κ2) is 5.82. The van der Waals surface area contributed by atoms with Crippen LogP contribution in [0.2, 0.25) is 8.67 Å². The summed E-state index contributed by atoms with van der Waals surface area (Å²) in [5.74, 6) is 0.228. The van der Waals surface area contributed by atoms with Crippen molar-refractivity contribution >= 4 is 52.1 Å². The summed E-state index contributed by atoms with van der Waals surface area (Å²) in [7, 11) is 0. The molecule has 0 unspecified atom stereocenters. The standard InChI is InChI=1S/C10H6Cl2N2OS2/c11-8-3-6(10(12)17-8)7(15)4-16-9-1-2-13-5-14-9/h1-3,5H,4H2. The largest absolute Gasteiger partial charge is 0.293 e. The van der Waals surface area contributed by atoms with Crippen LogP contribution in [-0.4, -0.2) is 21.5 Å². The van der Waals surface area contributed by atoms with E-state index in [2.05, 4.69) is 9.97 Å². The van der Waals surface area contributed by atoms with Crippen LogP contribution in [0.4, 0.5) is 0 Å². The van der Waals surface area contributed by atoms with Gasteiger partial charge in [-0.3, -0.25) is 4.79 Å². The Bertz CT molecular complexity index is 530. The minimum absolute atomic E-state index is 0.0539. The molecule has 2 aromatic heterocycles. The maximum absolute atomic E-state index is 11.9. The lowest BCUT2D eigenvalue weighted by molar-refractivity contribution is 0.102.